The zero-order valence-electron chi connectivity index (χ0n) is 16.2. The van der Waals surface area contributed by atoms with Gasteiger partial charge in [0.05, 0.1) is 11.3 Å². The summed E-state index contributed by atoms with van der Waals surface area (Å²) < 4.78 is 30.1. The van der Waals surface area contributed by atoms with Crippen molar-refractivity contribution in [3.63, 3.8) is 0 Å². The number of amides is 1. The maximum Gasteiger partial charge on any atom is 0.280 e. The number of hydrogen-bond acceptors (Lipinski definition) is 5. The van der Waals surface area contributed by atoms with Crippen molar-refractivity contribution in [2.24, 2.45) is 0 Å². The third kappa shape index (κ3) is 2.99. The van der Waals surface area contributed by atoms with Crippen LogP contribution in [0.1, 0.15) is 47.9 Å². The molecule has 1 amide bonds. The van der Waals surface area contributed by atoms with Crippen LogP contribution in [0.15, 0.2) is 43.1 Å². The maximum atomic E-state index is 13.4. The molecule has 1 fully saturated rings. The maximum absolute atomic E-state index is 13.4. The van der Waals surface area contributed by atoms with Crippen molar-refractivity contribution in [1.82, 2.24) is 33.9 Å². The molecule has 1 aliphatic rings. The van der Waals surface area contributed by atoms with Crippen LogP contribution < -0.4 is 0 Å². The summed E-state index contributed by atoms with van der Waals surface area (Å²) >= 11 is 0. The van der Waals surface area contributed by atoms with Gasteiger partial charge < -0.3 is 9.30 Å². The fraction of sp³-hybridized carbons (Fsp3) is 0.350. The first kappa shape index (κ1) is 18.6. The molecule has 5 heterocycles. The minimum Gasteiger partial charge on any atom is -0.338 e. The molecular formula is C20H19F2N7O. The summed E-state index contributed by atoms with van der Waals surface area (Å²) in [7, 11) is 0. The summed E-state index contributed by atoms with van der Waals surface area (Å²) in [5, 5.41) is 4.18. The predicted molar refractivity (Wildman–Crippen MR) is 103 cm³/mol. The summed E-state index contributed by atoms with van der Waals surface area (Å²) in [6.45, 7) is 2.95. The van der Waals surface area contributed by atoms with E-state index in [2.05, 4.69) is 20.1 Å². The Labute approximate surface area is 170 Å². The molecule has 4 aromatic heterocycles. The molecule has 154 valence electrons. The number of imidazole rings is 1. The van der Waals surface area contributed by atoms with Gasteiger partial charge in [-0.3, -0.25) is 4.79 Å². The van der Waals surface area contributed by atoms with E-state index >= 15 is 0 Å². The first-order valence-electron chi connectivity index (χ1n) is 9.66. The van der Waals surface area contributed by atoms with Gasteiger partial charge in [-0.15, -0.1) is 0 Å². The Balaban J connectivity index is 1.50. The fourth-order valence-corrected chi connectivity index (χ4v) is 4.22. The van der Waals surface area contributed by atoms with E-state index < -0.39 is 11.8 Å². The molecular weight excluding hydrogens is 392 g/mol. The van der Waals surface area contributed by atoms with E-state index in [1.807, 2.05) is 6.92 Å². The number of rotatable bonds is 3. The Kier molecular flexibility index (Phi) is 4.23. The fourth-order valence-electron chi connectivity index (χ4n) is 4.22. The molecule has 5 rings (SSSR count). The van der Waals surface area contributed by atoms with Gasteiger partial charge in [0, 0.05) is 37.1 Å². The molecule has 0 unspecified atom stereocenters. The highest BCUT2D eigenvalue weighted by Crippen LogP contribution is 2.35. The van der Waals surface area contributed by atoms with Crippen LogP contribution in [0.4, 0.5) is 8.78 Å². The number of piperidine rings is 1. The number of alkyl halides is 2. The monoisotopic (exact) mass is 411 g/mol. The third-order valence-corrected chi connectivity index (χ3v) is 5.73. The second kappa shape index (κ2) is 6.82. The zero-order valence-corrected chi connectivity index (χ0v) is 16.2. The molecule has 0 saturated carbocycles. The summed E-state index contributed by atoms with van der Waals surface area (Å²) in [5.74, 6) is 0.0348. The number of fused-ring (bicyclic) bond motifs is 2. The van der Waals surface area contributed by atoms with Gasteiger partial charge in [0.1, 0.15) is 17.7 Å². The first-order valence-corrected chi connectivity index (χ1v) is 9.66. The Morgan fingerprint density at radius 1 is 1.27 bits per heavy atom. The lowest BCUT2D eigenvalue weighted by Gasteiger charge is -2.40. The molecule has 0 bridgehead atoms. The number of carbonyl (C=O) groups is 1. The Morgan fingerprint density at radius 2 is 2.13 bits per heavy atom. The molecule has 10 heteroatoms. The van der Waals surface area contributed by atoms with Crippen LogP contribution in [-0.4, -0.2) is 52.9 Å². The highest BCUT2D eigenvalue weighted by atomic mass is 19.3. The van der Waals surface area contributed by atoms with Crippen molar-refractivity contribution in [3.05, 3.63) is 60.1 Å². The van der Waals surface area contributed by atoms with Crippen molar-refractivity contribution in [2.45, 2.75) is 31.6 Å². The number of likely N-dealkylation sites (tertiary alicyclic amines) is 1. The summed E-state index contributed by atoms with van der Waals surface area (Å²) in [6.07, 6.45) is 5.30. The average Bonchev–Trinajstić information content (AvgIpc) is 3.40. The molecule has 0 spiro atoms. The van der Waals surface area contributed by atoms with Crippen LogP contribution in [0.3, 0.4) is 0 Å². The lowest BCUT2D eigenvalue weighted by molar-refractivity contribution is 0.0644. The van der Waals surface area contributed by atoms with E-state index in [0.717, 1.165) is 18.5 Å². The third-order valence-electron chi connectivity index (χ3n) is 5.73. The zero-order chi connectivity index (χ0) is 20.9. The van der Waals surface area contributed by atoms with Crippen LogP contribution in [-0.2, 0) is 5.41 Å². The first-order chi connectivity index (χ1) is 14.4. The lowest BCUT2D eigenvalue weighted by Crippen LogP contribution is -2.48. The number of halogens is 2. The van der Waals surface area contributed by atoms with Crippen LogP contribution in [0.5, 0.6) is 0 Å². The highest BCUT2D eigenvalue weighted by Gasteiger charge is 2.38. The predicted octanol–water partition coefficient (Wildman–Crippen LogP) is 2.90. The normalized spacial score (nSPS) is 19.8. The molecule has 0 aromatic carbocycles. The molecule has 1 saturated heterocycles. The number of pyridine rings is 1. The van der Waals surface area contributed by atoms with Gasteiger partial charge in [-0.1, -0.05) is 6.92 Å². The summed E-state index contributed by atoms with van der Waals surface area (Å²) in [5.41, 5.74) is 1.01. The van der Waals surface area contributed by atoms with Crippen LogP contribution in [0.25, 0.3) is 11.4 Å². The van der Waals surface area contributed by atoms with Gasteiger partial charge in [-0.2, -0.15) is 10.1 Å². The van der Waals surface area contributed by atoms with E-state index in [-0.39, 0.29) is 17.4 Å². The molecule has 1 atom stereocenters. The molecule has 0 aliphatic carbocycles. The molecule has 4 aromatic rings. The van der Waals surface area contributed by atoms with Crippen molar-refractivity contribution in [3.8, 4) is 0 Å². The van der Waals surface area contributed by atoms with Crippen molar-refractivity contribution < 1.29 is 13.6 Å². The second-order valence-electron chi connectivity index (χ2n) is 7.84. The van der Waals surface area contributed by atoms with E-state index in [1.54, 1.807) is 40.0 Å². The van der Waals surface area contributed by atoms with Crippen LogP contribution in [0, 0.1) is 0 Å². The Morgan fingerprint density at radius 3 is 2.97 bits per heavy atom. The topological polar surface area (TPSA) is 80.7 Å². The number of hydrogen-bond donors (Lipinski definition) is 0. The largest absolute Gasteiger partial charge is 0.338 e. The summed E-state index contributed by atoms with van der Waals surface area (Å²) in [6, 6.07) is 4.94. The van der Waals surface area contributed by atoms with Gasteiger partial charge >= 0.3 is 0 Å². The molecule has 30 heavy (non-hydrogen) atoms. The quantitative estimate of drug-likeness (QED) is 0.518. The van der Waals surface area contributed by atoms with Crippen LogP contribution >= 0.6 is 0 Å². The Hall–Kier alpha value is -3.43. The smallest absolute Gasteiger partial charge is 0.280 e. The van der Waals surface area contributed by atoms with Crippen molar-refractivity contribution in [2.75, 3.05) is 13.1 Å². The minimum absolute atomic E-state index is 0.102. The lowest BCUT2D eigenvalue weighted by atomic mass is 9.78. The van der Waals surface area contributed by atoms with Gasteiger partial charge in [0.25, 0.3) is 18.1 Å². The minimum atomic E-state index is -2.71. The van der Waals surface area contributed by atoms with Crippen molar-refractivity contribution in [1.29, 1.82) is 0 Å². The number of nitrogens with zero attached hydrogens (tertiary/aromatic N) is 7. The van der Waals surface area contributed by atoms with E-state index in [1.165, 1.54) is 16.9 Å². The van der Waals surface area contributed by atoms with Crippen molar-refractivity contribution >= 4 is 17.3 Å². The number of aromatic nitrogens is 6. The van der Waals surface area contributed by atoms with Gasteiger partial charge in [0.2, 0.25) is 0 Å². The Bertz CT molecular complexity index is 1250. The average molecular weight is 411 g/mol. The molecule has 0 radical (unpaired) electrons. The molecule has 0 N–H and O–H groups in total. The standard InChI is InChI=1S/C20H19F2N7O/c1-20(15-9-14(17(21)22)26-19-24-12-25-29(15)19)5-2-7-28(11-20)18(30)13-3-4-16-23-6-8-27(16)10-13/h3-4,6,8-10,12,17H,2,5,7,11H2,1H3/t20-/m0/s1. The van der Waals surface area contributed by atoms with Crippen LogP contribution in [0.2, 0.25) is 0 Å². The SMILES string of the molecule is C[C@]1(c2cc(C(F)F)nc3ncnn23)CCCN(C(=O)c2ccc3nccn3c2)C1. The van der Waals surface area contributed by atoms with E-state index in [4.69, 9.17) is 0 Å². The van der Waals surface area contributed by atoms with E-state index in [9.17, 15) is 13.6 Å². The second-order valence-corrected chi connectivity index (χ2v) is 7.84. The van der Waals surface area contributed by atoms with Gasteiger partial charge in [-0.05, 0) is 31.0 Å². The molecule has 1 aliphatic heterocycles. The number of carbonyl (C=O) groups excluding carboxylic acids is 1. The highest BCUT2D eigenvalue weighted by molar-refractivity contribution is 5.94. The van der Waals surface area contributed by atoms with E-state index in [0.29, 0.717) is 24.3 Å². The van der Waals surface area contributed by atoms with Gasteiger partial charge in [-0.25, -0.2) is 23.3 Å². The molecule has 8 nitrogen and oxygen atoms in total. The summed E-state index contributed by atoms with van der Waals surface area (Å²) in [4.78, 5) is 27.1. The van der Waals surface area contributed by atoms with Gasteiger partial charge in [0.15, 0.2) is 0 Å².